The fourth-order valence-corrected chi connectivity index (χ4v) is 1.27. The van der Waals surface area contributed by atoms with Gasteiger partial charge in [0.2, 0.25) is 0 Å². The molecule has 1 saturated carbocycles. The van der Waals surface area contributed by atoms with Gasteiger partial charge in [-0.3, -0.25) is 0 Å². The molecule has 0 bridgehead atoms. The molecule has 1 radical (unpaired) electrons. The molecule has 2 rings (SSSR count). The van der Waals surface area contributed by atoms with E-state index in [4.69, 9.17) is 0 Å². The zero-order valence-corrected chi connectivity index (χ0v) is 6.67. The van der Waals surface area contributed by atoms with Crippen molar-refractivity contribution in [2.75, 3.05) is 0 Å². The molecule has 0 aliphatic heterocycles. The van der Waals surface area contributed by atoms with Crippen molar-refractivity contribution in [3.63, 3.8) is 0 Å². The topological polar surface area (TPSA) is 30.7 Å². The van der Waals surface area contributed by atoms with Gasteiger partial charge in [0, 0.05) is 6.20 Å². The second-order valence-electron chi connectivity index (χ2n) is 3.18. The van der Waals surface area contributed by atoms with Crippen LogP contribution in [0.5, 0.6) is 0 Å². The molecule has 71 valence electrons. The van der Waals surface area contributed by atoms with Crippen LogP contribution >= 0.6 is 0 Å². The lowest BCUT2D eigenvalue weighted by molar-refractivity contribution is -0.182. The van der Waals surface area contributed by atoms with E-state index >= 15 is 0 Å². The summed E-state index contributed by atoms with van der Waals surface area (Å²) in [7, 11) is 0. The fourth-order valence-electron chi connectivity index (χ4n) is 1.27. The van der Waals surface area contributed by atoms with Crippen molar-refractivity contribution in [2.24, 2.45) is 0 Å². The SMILES string of the molecule is [CH2]c1cn(C2(C(F)(F)F)CC2)nn1. The summed E-state index contributed by atoms with van der Waals surface area (Å²) in [4.78, 5) is 0. The highest BCUT2D eigenvalue weighted by Gasteiger charge is 2.65. The average Bonchev–Trinajstić information content (AvgIpc) is 2.70. The number of hydrogen-bond acceptors (Lipinski definition) is 2. The van der Waals surface area contributed by atoms with E-state index in [1.165, 1.54) is 6.20 Å². The Morgan fingerprint density at radius 2 is 2.08 bits per heavy atom. The Bertz CT molecular complexity index is 324. The smallest absolute Gasteiger partial charge is 0.237 e. The van der Waals surface area contributed by atoms with Crippen LogP contribution in [0.25, 0.3) is 0 Å². The molecule has 1 fully saturated rings. The second-order valence-corrected chi connectivity index (χ2v) is 3.18. The predicted molar refractivity (Wildman–Crippen MR) is 37.7 cm³/mol. The number of alkyl halides is 3. The van der Waals surface area contributed by atoms with Gasteiger partial charge in [-0.05, 0) is 19.8 Å². The number of aromatic nitrogens is 3. The van der Waals surface area contributed by atoms with Gasteiger partial charge in [0.25, 0.3) is 0 Å². The maximum absolute atomic E-state index is 12.5. The van der Waals surface area contributed by atoms with E-state index in [-0.39, 0.29) is 18.5 Å². The van der Waals surface area contributed by atoms with Gasteiger partial charge in [0.1, 0.15) is 0 Å². The molecule has 1 aromatic heterocycles. The van der Waals surface area contributed by atoms with E-state index in [0.717, 1.165) is 4.68 Å². The van der Waals surface area contributed by atoms with Gasteiger partial charge in [-0.15, -0.1) is 5.10 Å². The normalized spacial score (nSPS) is 20.3. The lowest BCUT2D eigenvalue weighted by atomic mass is 10.3. The molecule has 1 heterocycles. The highest BCUT2D eigenvalue weighted by Crippen LogP contribution is 2.54. The quantitative estimate of drug-likeness (QED) is 0.672. The van der Waals surface area contributed by atoms with Gasteiger partial charge in [-0.25, -0.2) is 4.68 Å². The molecule has 6 heteroatoms. The van der Waals surface area contributed by atoms with Gasteiger partial charge in [0.05, 0.1) is 5.69 Å². The van der Waals surface area contributed by atoms with Crippen LogP contribution in [0.1, 0.15) is 18.5 Å². The summed E-state index contributed by atoms with van der Waals surface area (Å²) in [5.41, 5.74) is -1.54. The average molecular weight is 190 g/mol. The van der Waals surface area contributed by atoms with Crippen LogP contribution in [0.2, 0.25) is 0 Å². The van der Waals surface area contributed by atoms with E-state index in [0.29, 0.717) is 0 Å². The molecule has 13 heavy (non-hydrogen) atoms. The lowest BCUT2D eigenvalue weighted by Gasteiger charge is -2.18. The monoisotopic (exact) mass is 190 g/mol. The first kappa shape index (κ1) is 8.52. The van der Waals surface area contributed by atoms with Crippen molar-refractivity contribution in [3.05, 3.63) is 18.8 Å². The largest absolute Gasteiger partial charge is 0.413 e. The molecule has 0 N–H and O–H groups in total. The van der Waals surface area contributed by atoms with Crippen LogP contribution in [0.15, 0.2) is 6.20 Å². The molecular weight excluding hydrogens is 183 g/mol. The Morgan fingerprint density at radius 3 is 2.38 bits per heavy atom. The van der Waals surface area contributed by atoms with Crippen LogP contribution < -0.4 is 0 Å². The molecule has 3 nitrogen and oxygen atoms in total. The zero-order chi connectivity index (χ0) is 9.69. The summed E-state index contributed by atoms with van der Waals surface area (Å²) >= 11 is 0. The van der Waals surface area contributed by atoms with Crippen molar-refractivity contribution in [3.8, 4) is 0 Å². The highest BCUT2D eigenvalue weighted by molar-refractivity contribution is 5.08. The number of halogens is 3. The van der Waals surface area contributed by atoms with Crippen molar-refractivity contribution in [1.29, 1.82) is 0 Å². The Labute approximate surface area is 72.5 Å². The standard InChI is InChI=1S/C7H7F3N3/c1-5-4-13(12-11-5)6(2-3-6)7(8,9)10/h4H,1-3H2. The minimum atomic E-state index is -4.24. The first-order chi connectivity index (χ1) is 5.96. The maximum Gasteiger partial charge on any atom is 0.413 e. The summed E-state index contributed by atoms with van der Waals surface area (Å²) in [6, 6.07) is 0. The summed E-state index contributed by atoms with van der Waals surface area (Å²) in [6.45, 7) is 3.40. The summed E-state index contributed by atoms with van der Waals surface area (Å²) in [5.74, 6) is 0. The molecule has 0 atom stereocenters. The Hall–Kier alpha value is -1.07. The van der Waals surface area contributed by atoms with E-state index in [1.807, 2.05) is 0 Å². The Morgan fingerprint density at radius 1 is 1.46 bits per heavy atom. The number of hydrogen-bond donors (Lipinski definition) is 0. The Balaban J connectivity index is 2.36. The van der Waals surface area contributed by atoms with E-state index in [2.05, 4.69) is 17.2 Å². The summed E-state index contributed by atoms with van der Waals surface area (Å²) in [6.07, 6.45) is -2.85. The van der Waals surface area contributed by atoms with Crippen LogP contribution in [0.4, 0.5) is 13.2 Å². The molecule has 1 aliphatic rings. The van der Waals surface area contributed by atoms with Gasteiger partial charge in [-0.1, -0.05) is 5.21 Å². The van der Waals surface area contributed by atoms with Crippen LogP contribution in [-0.4, -0.2) is 21.2 Å². The van der Waals surface area contributed by atoms with E-state index < -0.39 is 11.7 Å². The van der Waals surface area contributed by atoms with Crippen LogP contribution in [0.3, 0.4) is 0 Å². The summed E-state index contributed by atoms with van der Waals surface area (Å²) < 4.78 is 38.3. The third-order valence-electron chi connectivity index (χ3n) is 2.23. The maximum atomic E-state index is 12.5. The minimum absolute atomic E-state index is 0.0826. The van der Waals surface area contributed by atoms with Gasteiger partial charge in [-0.2, -0.15) is 13.2 Å². The number of rotatable bonds is 1. The fraction of sp³-hybridized carbons (Fsp3) is 0.571. The molecule has 0 unspecified atom stereocenters. The van der Waals surface area contributed by atoms with Gasteiger partial charge >= 0.3 is 6.18 Å². The van der Waals surface area contributed by atoms with E-state index in [9.17, 15) is 13.2 Å². The van der Waals surface area contributed by atoms with Crippen LogP contribution in [-0.2, 0) is 5.54 Å². The Kier molecular flexibility index (Phi) is 1.47. The highest BCUT2D eigenvalue weighted by atomic mass is 19.4. The minimum Gasteiger partial charge on any atom is -0.237 e. The molecule has 0 spiro atoms. The van der Waals surface area contributed by atoms with Gasteiger partial charge in [0.15, 0.2) is 5.54 Å². The number of nitrogens with zero attached hydrogens (tertiary/aromatic N) is 3. The van der Waals surface area contributed by atoms with E-state index in [1.54, 1.807) is 0 Å². The third kappa shape index (κ3) is 1.12. The lowest BCUT2D eigenvalue weighted by Crippen LogP contribution is -2.35. The second kappa shape index (κ2) is 2.24. The van der Waals surface area contributed by atoms with Crippen molar-refractivity contribution in [2.45, 2.75) is 24.6 Å². The molecule has 0 aromatic carbocycles. The molecule has 0 amide bonds. The van der Waals surface area contributed by atoms with Crippen molar-refractivity contribution < 1.29 is 13.2 Å². The van der Waals surface area contributed by atoms with Crippen molar-refractivity contribution in [1.82, 2.24) is 15.0 Å². The molecule has 0 saturated heterocycles. The summed E-state index contributed by atoms with van der Waals surface area (Å²) in [5, 5.41) is 6.84. The first-order valence-corrected chi connectivity index (χ1v) is 3.77. The first-order valence-electron chi connectivity index (χ1n) is 3.77. The van der Waals surface area contributed by atoms with Crippen molar-refractivity contribution >= 4 is 0 Å². The molecule has 1 aromatic rings. The van der Waals surface area contributed by atoms with Crippen LogP contribution in [0, 0.1) is 6.92 Å². The zero-order valence-electron chi connectivity index (χ0n) is 6.67. The molecule has 1 aliphatic carbocycles. The molecular formula is C7H7F3N3. The third-order valence-corrected chi connectivity index (χ3v) is 2.23. The van der Waals surface area contributed by atoms with Gasteiger partial charge < -0.3 is 0 Å². The predicted octanol–water partition coefficient (Wildman–Crippen LogP) is 1.51.